The van der Waals surface area contributed by atoms with Crippen LogP contribution in [0.1, 0.15) is 44.3 Å². The molecule has 1 aromatic rings. The van der Waals surface area contributed by atoms with Gasteiger partial charge in [0.2, 0.25) is 0 Å². The van der Waals surface area contributed by atoms with Gasteiger partial charge in [0.05, 0.1) is 6.10 Å². The van der Waals surface area contributed by atoms with Gasteiger partial charge >= 0.3 is 0 Å². The maximum Gasteiger partial charge on any atom is 0.0787 e. The van der Waals surface area contributed by atoms with Crippen molar-refractivity contribution >= 4 is 5.69 Å². The standard InChI is InChI=1S/C18H28N2O/c1-3-18(21)14-6-8-16(9-7-14)20-12-10-17-15(13-20)5-4-11-19(17)2/h6-9,15,17-18,21H,3-5,10-13H2,1-2H3/t15?,17?,18-/m0/s1. The van der Waals surface area contributed by atoms with E-state index in [0.29, 0.717) is 0 Å². The lowest BCUT2D eigenvalue weighted by atomic mass is 9.84. The van der Waals surface area contributed by atoms with E-state index in [1.165, 1.54) is 38.0 Å². The molecule has 3 nitrogen and oxygen atoms in total. The molecule has 2 aliphatic heterocycles. The van der Waals surface area contributed by atoms with Crippen molar-refractivity contribution in [1.82, 2.24) is 4.90 Å². The van der Waals surface area contributed by atoms with E-state index < -0.39 is 0 Å². The molecule has 2 saturated heterocycles. The first-order chi connectivity index (χ1) is 10.2. The Bertz CT molecular complexity index is 459. The molecule has 3 rings (SSSR count). The quantitative estimate of drug-likeness (QED) is 0.926. The van der Waals surface area contributed by atoms with Crippen LogP contribution in [0.2, 0.25) is 0 Å². The zero-order chi connectivity index (χ0) is 14.8. The van der Waals surface area contributed by atoms with Crippen LogP contribution in [0.25, 0.3) is 0 Å². The molecule has 2 fully saturated rings. The Hall–Kier alpha value is -1.06. The molecule has 0 aliphatic carbocycles. The van der Waals surface area contributed by atoms with Gasteiger partial charge in [0.25, 0.3) is 0 Å². The molecular formula is C18H28N2O. The number of hydrogen-bond donors (Lipinski definition) is 1. The number of anilines is 1. The van der Waals surface area contributed by atoms with Gasteiger partial charge in [0.15, 0.2) is 0 Å². The second-order valence-electron chi connectivity index (χ2n) is 6.70. The van der Waals surface area contributed by atoms with Crippen molar-refractivity contribution in [2.75, 3.05) is 31.6 Å². The van der Waals surface area contributed by atoms with Crippen LogP contribution in [-0.4, -0.2) is 42.7 Å². The highest BCUT2D eigenvalue weighted by Gasteiger charge is 2.34. The summed E-state index contributed by atoms with van der Waals surface area (Å²) in [6.45, 7) is 5.62. The number of aliphatic hydroxyl groups is 1. The number of likely N-dealkylation sites (tertiary alicyclic amines) is 1. The van der Waals surface area contributed by atoms with Crippen molar-refractivity contribution in [3.8, 4) is 0 Å². The maximum atomic E-state index is 9.89. The van der Waals surface area contributed by atoms with Gasteiger partial charge in [-0.25, -0.2) is 0 Å². The summed E-state index contributed by atoms with van der Waals surface area (Å²) in [5.74, 6) is 0.818. The van der Waals surface area contributed by atoms with Gasteiger partial charge in [-0.15, -0.1) is 0 Å². The van der Waals surface area contributed by atoms with Crippen molar-refractivity contribution in [1.29, 1.82) is 0 Å². The molecule has 2 aliphatic rings. The molecule has 3 heteroatoms. The smallest absolute Gasteiger partial charge is 0.0787 e. The molecule has 2 heterocycles. The molecule has 0 aromatic heterocycles. The summed E-state index contributed by atoms with van der Waals surface area (Å²) in [5, 5.41) is 9.89. The van der Waals surface area contributed by atoms with E-state index in [2.05, 4.69) is 41.1 Å². The molecular weight excluding hydrogens is 260 g/mol. The van der Waals surface area contributed by atoms with Crippen molar-refractivity contribution in [3.05, 3.63) is 29.8 Å². The third-order valence-corrected chi connectivity index (χ3v) is 5.38. The van der Waals surface area contributed by atoms with Crippen molar-refractivity contribution < 1.29 is 5.11 Å². The fraction of sp³-hybridized carbons (Fsp3) is 0.667. The second kappa shape index (κ2) is 6.37. The van der Waals surface area contributed by atoms with Crippen LogP contribution in [0.5, 0.6) is 0 Å². The summed E-state index contributed by atoms with van der Waals surface area (Å²) in [6, 6.07) is 9.32. The van der Waals surface area contributed by atoms with E-state index >= 15 is 0 Å². The Kier molecular flexibility index (Phi) is 4.51. The first-order valence-corrected chi connectivity index (χ1v) is 8.42. The number of piperidine rings is 2. The minimum absolute atomic E-state index is 0.322. The van der Waals surface area contributed by atoms with Crippen LogP contribution in [-0.2, 0) is 0 Å². The summed E-state index contributed by atoms with van der Waals surface area (Å²) in [4.78, 5) is 5.09. The molecule has 2 unspecified atom stereocenters. The average molecular weight is 288 g/mol. The van der Waals surface area contributed by atoms with E-state index in [1.807, 2.05) is 6.92 Å². The maximum absolute atomic E-state index is 9.89. The van der Waals surface area contributed by atoms with Gasteiger partial charge in [0.1, 0.15) is 0 Å². The number of fused-ring (bicyclic) bond motifs is 1. The topological polar surface area (TPSA) is 26.7 Å². The molecule has 116 valence electrons. The molecule has 1 aromatic carbocycles. The SMILES string of the molecule is CC[C@H](O)c1ccc(N2CCC3C(CCCN3C)C2)cc1. The third kappa shape index (κ3) is 3.09. The van der Waals surface area contributed by atoms with E-state index in [0.717, 1.165) is 30.5 Å². The van der Waals surface area contributed by atoms with E-state index in [-0.39, 0.29) is 6.10 Å². The zero-order valence-corrected chi connectivity index (χ0v) is 13.3. The van der Waals surface area contributed by atoms with Gasteiger partial charge < -0.3 is 14.9 Å². The Labute approximate surface area is 128 Å². The van der Waals surface area contributed by atoms with Crippen LogP contribution >= 0.6 is 0 Å². The number of aliphatic hydroxyl groups excluding tert-OH is 1. The molecule has 0 amide bonds. The van der Waals surface area contributed by atoms with Gasteiger partial charge in [-0.1, -0.05) is 19.1 Å². The number of nitrogens with zero attached hydrogens (tertiary/aromatic N) is 2. The zero-order valence-electron chi connectivity index (χ0n) is 13.3. The fourth-order valence-corrected chi connectivity index (χ4v) is 4.03. The lowest BCUT2D eigenvalue weighted by molar-refractivity contribution is 0.102. The number of rotatable bonds is 3. The van der Waals surface area contributed by atoms with E-state index in [4.69, 9.17) is 0 Å². The minimum atomic E-state index is -0.322. The summed E-state index contributed by atoms with van der Waals surface area (Å²) in [5.41, 5.74) is 2.35. The van der Waals surface area contributed by atoms with Crippen LogP contribution in [0, 0.1) is 5.92 Å². The van der Waals surface area contributed by atoms with Crippen molar-refractivity contribution in [2.45, 2.75) is 44.8 Å². The molecule has 0 spiro atoms. The Balaban J connectivity index is 1.68. The largest absolute Gasteiger partial charge is 0.388 e. The van der Waals surface area contributed by atoms with Gasteiger partial charge in [-0.3, -0.25) is 0 Å². The lowest BCUT2D eigenvalue weighted by Gasteiger charge is -2.46. The van der Waals surface area contributed by atoms with E-state index in [9.17, 15) is 5.11 Å². The van der Waals surface area contributed by atoms with E-state index in [1.54, 1.807) is 0 Å². The minimum Gasteiger partial charge on any atom is -0.388 e. The molecule has 0 saturated carbocycles. The fourth-order valence-electron chi connectivity index (χ4n) is 4.03. The van der Waals surface area contributed by atoms with Crippen LogP contribution in [0.3, 0.4) is 0 Å². The highest BCUT2D eigenvalue weighted by molar-refractivity contribution is 5.48. The van der Waals surface area contributed by atoms with Gasteiger partial charge in [-0.2, -0.15) is 0 Å². The highest BCUT2D eigenvalue weighted by Crippen LogP contribution is 2.32. The van der Waals surface area contributed by atoms with Crippen molar-refractivity contribution in [3.63, 3.8) is 0 Å². The Morgan fingerprint density at radius 1 is 1.19 bits per heavy atom. The lowest BCUT2D eigenvalue weighted by Crippen LogP contribution is -2.52. The number of hydrogen-bond acceptors (Lipinski definition) is 3. The summed E-state index contributed by atoms with van der Waals surface area (Å²) < 4.78 is 0. The first kappa shape index (κ1) is 14.9. The number of benzene rings is 1. The molecule has 1 N–H and O–H groups in total. The molecule has 0 radical (unpaired) electrons. The molecule has 3 atom stereocenters. The van der Waals surface area contributed by atoms with Crippen LogP contribution in [0.15, 0.2) is 24.3 Å². The Morgan fingerprint density at radius 2 is 1.95 bits per heavy atom. The van der Waals surface area contributed by atoms with Crippen LogP contribution < -0.4 is 4.90 Å². The van der Waals surface area contributed by atoms with Crippen LogP contribution in [0.4, 0.5) is 5.69 Å². The third-order valence-electron chi connectivity index (χ3n) is 5.38. The van der Waals surface area contributed by atoms with Gasteiger partial charge in [-0.05, 0) is 62.9 Å². The predicted octanol–water partition coefficient (Wildman–Crippen LogP) is 3.05. The highest BCUT2D eigenvalue weighted by atomic mass is 16.3. The van der Waals surface area contributed by atoms with Gasteiger partial charge in [0, 0.05) is 24.8 Å². The summed E-state index contributed by atoms with van der Waals surface area (Å²) in [6.07, 6.45) is 4.45. The molecule has 0 bridgehead atoms. The van der Waals surface area contributed by atoms with Crippen molar-refractivity contribution in [2.24, 2.45) is 5.92 Å². The predicted molar refractivity (Wildman–Crippen MR) is 87.7 cm³/mol. The first-order valence-electron chi connectivity index (χ1n) is 8.42. The molecule has 21 heavy (non-hydrogen) atoms. The Morgan fingerprint density at radius 3 is 2.67 bits per heavy atom. The normalized spacial score (nSPS) is 28.2. The summed E-state index contributed by atoms with van der Waals surface area (Å²) in [7, 11) is 2.29. The second-order valence-corrected chi connectivity index (χ2v) is 6.70. The average Bonchev–Trinajstić information content (AvgIpc) is 2.54. The summed E-state index contributed by atoms with van der Waals surface area (Å²) >= 11 is 0. The monoisotopic (exact) mass is 288 g/mol.